The van der Waals surface area contributed by atoms with Gasteiger partial charge in [-0.15, -0.1) is 0 Å². The van der Waals surface area contributed by atoms with Gasteiger partial charge in [0.25, 0.3) is 0 Å². The zero-order chi connectivity index (χ0) is 14.6. The van der Waals surface area contributed by atoms with Gasteiger partial charge in [0.1, 0.15) is 11.3 Å². The summed E-state index contributed by atoms with van der Waals surface area (Å²) in [7, 11) is 1.45. The van der Waals surface area contributed by atoms with Gasteiger partial charge in [0.2, 0.25) is 0 Å². The quantitative estimate of drug-likeness (QED) is 0.671. The summed E-state index contributed by atoms with van der Waals surface area (Å²) in [4.78, 5) is 12.1. The number of aryl methyl sites for hydroxylation is 1. The maximum Gasteiger partial charge on any atom is 0.348 e. The molecule has 2 aromatic rings. The molecular formula is C16H16O4. The summed E-state index contributed by atoms with van der Waals surface area (Å²) in [5.74, 6) is 0.399. The van der Waals surface area contributed by atoms with E-state index in [1.807, 2.05) is 32.9 Å². The number of methoxy groups -OCH3 is 1. The molecule has 0 aliphatic carbocycles. The van der Waals surface area contributed by atoms with Gasteiger partial charge < -0.3 is 14.6 Å². The monoisotopic (exact) mass is 272 g/mol. The van der Waals surface area contributed by atoms with Gasteiger partial charge in [0.05, 0.1) is 7.11 Å². The second-order valence-electron chi connectivity index (χ2n) is 5.40. The normalized spacial score (nSPS) is 13.2. The molecule has 1 aliphatic rings. The van der Waals surface area contributed by atoms with Crippen molar-refractivity contribution in [2.75, 3.05) is 7.11 Å². The first-order valence-electron chi connectivity index (χ1n) is 6.55. The van der Waals surface area contributed by atoms with Crippen molar-refractivity contribution in [3.63, 3.8) is 0 Å². The zero-order valence-electron chi connectivity index (χ0n) is 11.9. The highest BCUT2D eigenvalue weighted by molar-refractivity contribution is 6.17. The molecule has 104 valence electrons. The third-order valence-electron chi connectivity index (χ3n) is 3.67. The van der Waals surface area contributed by atoms with Crippen molar-refractivity contribution in [1.82, 2.24) is 0 Å². The molecule has 1 heterocycles. The molecule has 0 aromatic heterocycles. The number of hydrogen-bond donors (Lipinski definition) is 1. The van der Waals surface area contributed by atoms with E-state index in [2.05, 4.69) is 0 Å². The lowest BCUT2D eigenvalue weighted by atomic mass is 9.90. The Morgan fingerprint density at radius 1 is 1.30 bits per heavy atom. The number of phenols is 1. The lowest BCUT2D eigenvalue weighted by Gasteiger charge is -2.16. The minimum Gasteiger partial charge on any atom is -0.504 e. The molecular weight excluding hydrogens is 256 g/mol. The fourth-order valence-corrected chi connectivity index (χ4v) is 2.91. The highest BCUT2D eigenvalue weighted by atomic mass is 16.5. The van der Waals surface area contributed by atoms with Crippen molar-refractivity contribution in [3.8, 4) is 17.2 Å². The number of hydrogen-bond acceptors (Lipinski definition) is 4. The predicted octanol–water partition coefficient (Wildman–Crippen LogP) is 3.52. The summed E-state index contributed by atoms with van der Waals surface area (Å²) >= 11 is 0. The van der Waals surface area contributed by atoms with Gasteiger partial charge in [-0.2, -0.15) is 0 Å². The Hall–Kier alpha value is -2.23. The molecule has 1 aliphatic heterocycles. The smallest absolute Gasteiger partial charge is 0.348 e. The molecule has 1 N–H and O–H groups in total. The van der Waals surface area contributed by atoms with Crippen molar-refractivity contribution in [3.05, 3.63) is 28.8 Å². The molecule has 0 fully saturated rings. The first kappa shape index (κ1) is 12.8. The minimum atomic E-state index is -0.474. The summed E-state index contributed by atoms with van der Waals surface area (Å²) in [5, 5.41) is 12.1. The number of esters is 1. The zero-order valence-corrected chi connectivity index (χ0v) is 11.9. The maximum atomic E-state index is 12.1. The van der Waals surface area contributed by atoms with Crippen LogP contribution in [0.3, 0.4) is 0 Å². The molecule has 2 aromatic carbocycles. The van der Waals surface area contributed by atoms with Crippen molar-refractivity contribution >= 4 is 16.7 Å². The van der Waals surface area contributed by atoms with Gasteiger partial charge >= 0.3 is 5.97 Å². The van der Waals surface area contributed by atoms with Crippen LogP contribution in [0.2, 0.25) is 0 Å². The van der Waals surface area contributed by atoms with Crippen molar-refractivity contribution in [2.24, 2.45) is 0 Å². The molecule has 0 radical (unpaired) electrons. The van der Waals surface area contributed by atoms with E-state index < -0.39 is 5.97 Å². The summed E-state index contributed by atoms with van der Waals surface area (Å²) in [5.41, 5.74) is 2.09. The first-order chi connectivity index (χ1) is 9.45. The number of rotatable bonds is 2. The average molecular weight is 272 g/mol. The number of carbonyl (C=O) groups excluding carboxylic acids is 1. The Bertz CT molecular complexity index is 744. The maximum absolute atomic E-state index is 12.1. The van der Waals surface area contributed by atoms with Crippen LogP contribution in [0.1, 0.15) is 41.3 Å². The molecule has 4 heteroatoms. The lowest BCUT2D eigenvalue weighted by Crippen LogP contribution is -2.04. The minimum absolute atomic E-state index is 0.0281. The van der Waals surface area contributed by atoms with Crippen LogP contribution >= 0.6 is 0 Å². The Balaban J connectivity index is 2.58. The topological polar surface area (TPSA) is 55.8 Å². The van der Waals surface area contributed by atoms with E-state index in [0.717, 1.165) is 21.9 Å². The number of aromatic hydroxyl groups is 1. The Kier molecular flexibility index (Phi) is 2.64. The molecule has 4 nitrogen and oxygen atoms in total. The molecule has 0 saturated carbocycles. The molecule has 0 spiro atoms. The summed E-state index contributed by atoms with van der Waals surface area (Å²) in [6.45, 7) is 5.93. The number of benzene rings is 2. The van der Waals surface area contributed by atoms with E-state index in [-0.39, 0.29) is 17.4 Å². The Morgan fingerprint density at radius 2 is 2.00 bits per heavy atom. The Labute approximate surface area is 116 Å². The highest BCUT2D eigenvalue weighted by Gasteiger charge is 2.33. The van der Waals surface area contributed by atoms with Crippen LogP contribution in [0.5, 0.6) is 17.2 Å². The molecule has 0 bridgehead atoms. The number of phenolic OH excluding ortho intramolecular Hbond substituents is 1. The molecule has 3 rings (SSSR count). The second kappa shape index (κ2) is 4.13. The van der Waals surface area contributed by atoms with Crippen LogP contribution in [0.4, 0.5) is 0 Å². The van der Waals surface area contributed by atoms with E-state index in [0.29, 0.717) is 11.3 Å². The highest BCUT2D eigenvalue weighted by Crippen LogP contribution is 2.49. The standard InChI is InChI=1S/C16H16O4/c1-7(2)11-9-5-8(3)6-10-12(9)13(16(18)20-10)15(19-4)14(11)17/h5-7,17H,1-4H3. The number of carbonyl (C=O) groups is 1. The Morgan fingerprint density at radius 3 is 2.60 bits per heavy atom. The van der Waals surface area contributed by atoms with E-state index in [9.17, 15) is 9.90 Å². The van der Waals surface area contributed by atoms with Gasteiger partial charge in [-0.05, 0) is 29.9 Å². The van der Waals surface area contributed by atoms with Crippen LogP contribution < -0.4 is 9.47 Å². The molecule has 0 saturated heterocycles. The SMILES string of the molecule is COc1c(O)c(C(C)C)c2cc(C)cc3c2c1C(=O)O3. The van der Waals surface area contributed by atoms with Gasteiger partial charge in [-0.25, -0.2) is 4.79 Å². The fourth-order valence-electron chi connectivity index (χ4n) is 2.91. The lowest BCUT2D eigenvalue weighted by molar-refractivity contribution is 0.0750. The molecule has 0 amide bonds. The van der Waals surface area contributed by atoms with Gasteiger partial charge in [-0.1, -0.05) is 19.9 Å². The van der Waals surface area contributed by atoms with Gasteiger partial charge in [0.15, 0.2) is 11.5 Å². The van der Waals surface area contributed by atoms with Crippen LogP contribution in [0.15, 0.2) is 12.1 Å². The molecule has 0 atom stereocenters. The van der Waals surface area contributed by atoms with Crippen LogP contribution in [-0.4, -0.2) is 18.2 Å². The van der Waals surface area contributed by atoms with Crippen molar-refractivity contribution in [2.45, 2.75) is 26.7 Å². The van der Waals surface area contributed by atoms with Crippen molar-refractivity contribution < 1.29 is 19.4 Å². The average Bonchev–Trinajstić information content (AvgIpc) is 2.66. The third kappa shape index (κ3) is 1.51. The molecule has 0 unspecified atom stereocenters. The summed E-state index contributed by atoms with van der Waals surface area (Å²) in [6, 6.07) is 3.80. The summed E-state index contributed by atoms with van der Waals surface area (Å²) in [6.07, 6.45) is 0. The first-order valence-corrected chi connectivity index (χ1v) is 6.55. The van der Waals surface area contributed by atoms with Crippen LogP contribution in [0, 0.1) is 6.92 Å². The molecule has 20 heavy (non-hydrogen) atoms. The second-order valence-corrected chi connectivity index (χ2v) is 5.40. The third-order valence-corrected chi connectivity index (χ3v) is 3.67. The van der Waals surface area contributed by atoms with E-state index in [4.69, 9.17) is 9.47 Å². The van der Waals surface area contributed by atoms with Gasteiger partial charge in [0, 0.05) is 10.9 Å². The van der Waals surface area contributed by atoms with E-state index in [1.165, 1.54) is 7.11 Å². The number of ether oxygens (including phenoxy) is 2. The summed E-state index contributed by atoms with van der Waals surface area (Å²) < 4.78 is 10.6. The van der Waals surface area contributed by atoms with Crippen LogP contribution in [0.25, 0.3) is 10.8 Å². The van der Waals surface area contributed by atoms with E-state index >= 15 is 0 Å². The van der Waals surface area contributed by atoms with Crippen LogP contribution in [-0.2, 0) is 0 Å². The van der Waals surface area contributed by atoms with E-state index in [1.54, 1.807) is 0 Å². The largest absolute Gasteiger partial charge is 0.504 e. The van der Waals surface area contributed by atoms with Crippen molar-refractivity contribution in [1.29, 1.82) is 0 Å². The fraction of sp³-hybridized carbons (Fsp3) is 0.312. The van der Waals surface area contributed by atoms with Gasteiger partial charge in [-0.3, -0.25) is 0 Å². The predicted molar refractivity (Wildman–Crippen MR) is 75.9 cm³/mol.